The summed E-state index contributed by atoms with van der Waals surface area (Å²) in [5.74, 6) is 5.46. The van der Waals surface area contributed by atoms with E-state index in [2.05, 4.69) is 15.4 Å². The molecule has 0 bridgehead atoms. The van der Waals surface area contributed by atoms with Crippen molar-refractivity contribution in [2.24, 2.45) is 5.84 Å². The maximum atomic E-state index is 5.86. The number of nitrogens with zero attached hydrogens (tertiary/aromatic N) is 2. The van der Waals surface area contributed by atoms with Gasteiger partial charge >= 0.3 is 0 Å². The number of aromatic nitrogens is 2. The Labute approximate surface area is 91.3 Å². The van der Waals surface area contributed by atoms with Crippen LogP contribution in [0.25, 0.3) is 0 Å². The maximum Gasteiger partial charge on any atom is 0.198 e. The topological polar surface area (TPSA) is 77.0 Å². The average molecular weight is 225 g/mol. The molecule has 3 N–H and O–H groups in total. The summed E-state index contributed by atoms with van der Waals surface area (Å²) in [6, 6.07) is 1.48. The van der Waals surface area contributed by atoms with Crippen LogP contribution < -0.4 is 11.3 Å². The Hall–Kier alpha value is -1.43. The molecule has 2 rings (SSSR count). The minimum Gasteiger partial charge on any atom is -0.453 e. The highest BCUT2D eigenvalue weighted by Gasteiger charge is 2.17. The fraction of sp³-hybridized carbons (Fsp3) is 0.111. The van der Waals surface area contributed by atoms with Gasteiger partial charge in [-0.05, 0) is 17.7 Å². The van der Waals surface area contributed by atoms with Crippen molar-refractivity contribution in [2.75, 3.05) is 0 Å². The van der Waals surface area contributed by atoms with Gasteiger partial charge in [-0.25, -0.2) is 15.4 Å². The summed E-state index contributed by atoms with van der Waals surface area (Å²) in [5, 5.41) is 0.307. The fourth-order valence-electron chi connectivity index (χ4n) is 1.34. The summed E-state index contributed by atoms with van der Waals surface area (Å²) in [7, 11) is 0. The molecule has 0 saturated carbocycles. The number of hydrogen-bond acceptors (Lipinski definition) is 5. The van der Waals surface area contributed by atoms with Crippen LogP contribution in [-0.2, 0) is 0 Å². The van der Waals surface area contributed by atoms with Crippen LogP contribution >= 0.6 is 11.6 Å². The molecular weight excluding hydrogens is 216 g/mol. The Morgan fingerprint density at radius 1 is 1.40 bits per heavy atom. The lowest BCUT2D eigenvalue weighted by Gasteiger charge is -2.13. The van der Waals surface area contributed by atoms with Gasteiger partial charge < -0.3 is 4.42 Å². The minimum absolute atomic E-state index is 0.266. The molecule has 78 valence electrons. The number of furan rings is 1. The third-order valence-corrected chi connectivity index (χ3v) is 2.34. The van der Waals surface area contributed by atoms with E-state index in [9.17, 15) is 0 Å². The van der Waals surface area contributed by atoms with Gasteiger partial charge in [-0.2, -0.15) is 0 Å². The van der Waals surface area contributed by atoms with Gasteiger partial charge in [0.15, 0.2) is 5.22 Å². The molecule has 2 heterocycles. The first-order valence-corrected chi connectivity index (χ1v) is 4.64. The second-order valence-electron chi connectivity index (χ2n) is 2.92. The number of nitrogens with two attached hydrogens (primary N) is 1. The van der Waals surface area contributed by atoms with E-state index >= 15 is 0 Å². The van der Waals surface area contributed by atoms with E-state index in [1.165, 1.54) is 12.6 Å². The molecule has 1 atom stereocenters. The van der Waals surface area contributed by atoms with Crippen LogP contribution in [0.15, 0.2) is 35.5 Å². The van der Waals surface area contributed by atoms with E-state index in [1.807, 2.05) is 0 Å². The summed E-state index contributed by atoms with van der Waals surface area (Å²) in [6.45, 7) is 0. The van der Waals surface area contributed by atoms with Crippen LogP contribution in [0.2, 0.25) is 5.22 Å². The zero-order chi connectivity index (χ0) is 10.7. The van der Waals surface area contributed by atoms with Crippen molar-refractivity contribution in [1.82, 2.24) is 15.4 Å². The van der Waals surface area contributed by atoms with Crippen LogP contribution in [0.3, 0.4) is 0 Å². The van der Waals surface area contributed by atoms with E-state index in [0.29, 0.717) is 5.22 Å². The van der Waals surface area contributed by atoms with Gasteiger partial charge in [-0.1, -0.05) is 0 Å². The molecule has 0 fully saturated rings. The molecule has 0 amide bonds. The Balaban J connectivity index is 2.37. The van der Waals surface area contributed by atoms with Crippen molar-refractivity contribution in [3.63, 3.8) is 0 Å². The Morgan fingerprint density at radius 3 is 2.67 bits per heavy atom. The molecular formula is C9H9ClN4O. The van der Waals surface area contributed by atoms with Crippen LogP contribution in [0.4, 0.5) is 0 Å². The van der Waals surface area contributed by atoms with Gasteiger partial charge in [-0.3, -0.25) is 5.84 Å². The predicted octanol–water partition coefficient (Wildman–Crippen LogP) is 1.28. The Kier molecular flexibility index (Phi) is 2.96. The van der Waals surface area contributed by atoms with Gasteiger partial charge in [0.2, 0.25) is 0 Å². The molecule has 0 aliphatic carbocycles. The fourth-order valence-corrected chi connectivity index (χ4v) is 1.56. The number of hydrazine groups is 1. The smallest absolute Gasteiger partial charge is 0.198 e. The van der Waals surface area contributed by atoms with Crippen LogP contribution in [0.1, 0.15) is 17.2 Å². The molecule has 15 heavy (non-hydrogen) atoms. The lowest BCUT2D eigenvalue weighted by Crippen LogP contribution is -2.28. The lowest BCUT2D eigenvalue weighted by molar-refractivity contribution is 0.555. The van der Waals surface area contributed by atoms with Crippen molar-refractivity contribution in [3.8, 4) is 0 Å². The number of rotatable bonds is 3. The molecule has 0 spiro atoms. The summed E-state index contributed by atoms with van der Waals surface area (Å²) in [4.78, 5) is 7.83. The summed E-state index contributed by atoms with van der Waals surface area (Å²) < 4.78 is 5.00. The SMILES string of the molecule is NNC(c1cncnc1)c1ccoc1Cl. The van der Waals surface area contributed by atoms with Crippen molar-refractivity contribution in [2.45, 2.75) is 6.04 Å². The normalized spacial score (nSPS) is 12.7. The zero-order valence-corrected chi connectivity index (χ0v) is 8.48. The molecule has 5 nitrogen and oxygen atoms in total. The van der Waals surface area contributed by atoms with Crippen molar-refractivity contribution in [1.29, 1.82) is 0 Å². The highest BCUT2D eigenvalue weighted by Crippen LogP contribution is 2.27. The largest absolute Gasteiger partial charge is 0.453 e. The predicted molar refractivity (Wildman–Crippen MR) is 54.9 cm³/mol. The monoisotopic (exact) mass is 224 g/mol. The molecule has 1 unspecified atom stereocenters. The summed E-state index contributed by atoms with van der Waals surface area (Å²) >= 11 is 5.86. The molecule has 0 aliphatic rings. The van der Waals surface area contributed by atoms with Crippen LogP contribution in [0.5, 0.6) is 0 Å². The first-order chi connectivity index (χ1) is 7.33. The van der Waals surface area contributed by atoms with Crippen molar-refractivity contribution in [3.05, 3.63) is 47.4 Å². The molecule has 2 aromatic rings. The quantitative estimate of drug-likeness (QED) is 0.607. The van der Waals surface area contributed by atoms with Gasteiger partial charge in [-0.15, -0.1) is 0 Å². The first kappa shape index (κ1) is 10.1. The second kappa shape index (κ2) is 4.39. The van der Waals surface area contributed by atoms with Gasteiger partial charge in [0.1, 0.15) is 6.33 Å². The zero-order valence-electron chi connectivity index (χ0n) is 7.72. The van der Waals surface area contributed by atoms with E-state index < -0.39 is 0 Å². The highest BCUT2D eigenvalue weighted by molar-refractivity contribution is 6.29. The summed E-state index contributed by atoms with van der Waals surface area (Å²) in [5.41, 5.74) is 4.22. The maximum absolute atomic E-state index is 5.86. The Bertz CT molecular complexity index is 431. The molecule has 6 heteroatoms. The minimum atomic E-state index is -0.266. The Morgan fingerprint density at radius 2 is 2.13 bits per heavy atom. The van der Waals surface area contributed by atoms with Gasteiger partial charge in [0.05, 0.1) is 12.3 Å². The van der Waals surface area contributed by atoms with E-state index in [0.717, 1.165) is 11.1 Å². The lowest BCUT2D eigenvalue weighted by atomic mass is 10.1. The number of nitrogens with one attached hydrogen (secondary N) is 1. The van der Waals surface area contributed by atoms with Crippen LogP contribution in [0, 0.1) is 0 Å². The number of hydrogen-bond donors (Lipinski definition) is 2. The van der Waals surface area contributed by atoms with Crippen molar-refractivity contribution >= 4 is 11.6 Å². The molecule has 0 saturated heterocycles. The average Bonchev–Trinajstić information content (AvgIpc) is 2.68. The third kappa shape index (κ3) is 1.99. The summed E-state index contributed by atoms with van der Waals surface area (Å²) in [6.07, 6.45) is 6.29. The highest BCUT2D eigenvalue weighted by atomic mass is 35.5. The molecule has 2 aromatic heterocycles. The van der Waals surface area contributed by atoms with E-state index in [-0.39, 0.29) is 6.04 Å². The van der Waals surface area contributed by atoms with Gasteiger partial charge in [0.25, 0.3) is 0 Å². The first-order valence-electron chi connectivity index (χ1n) is 4.27. The van der Waals surface area contributed by atoms with Crippen molar-refractivity contribution < 1.29 is 4.42 Å². The third-order valence-electron chi connectivity index (χ3n) is 2.04. The standard InChI is InChI=1S/C9H9ClN4O/c10-9-7(1-2-15-9)8(14-11)6-3-12-5-13-4-6/h1-5,8,14H,11H2. The molecule has 0 aromatic carbocycles. The second-order valence-corrected chi connectivity index (χ2v) is 3.26. The van der Waals surface area contributed by atoms with Crippen LogP contribution in [-0.4, -0.2) is 9.97 Å². The van der Waals surface area contributed by atoms with E-state index in [1.54, 1.807) is 18.5 Å². The molecule has 0 aliphatic heterocycles. The molecule has 0 radical (unpaired) electrons. The number of halogens is 1. The van der Waals surface area contributed by atoms with Gasteiger partial charge in [0, 0.05) is 23.5 Å². The van der Waals surface area contributed by atoms with E-state index in [4.69, 9.17) is 21.9 Å².